The van der Waals surface area contributed by atoms with Crippen molar-refractivity contribution in [2.75, 3.05) is 0 Å². The van der Waals surface area contributed by atoms with Crippen LogP contribution in [0.25, 0.3) is 22.3 Å². The van der Waals surface area contributed by atoms with E-state index in [1.807, 2.05) is 36.4 Å². The Bertz CT molecular complexity index is 757. The molecule has 0 aliphatic heterocycles. The Hall–Kier alpha value is -2.31. The number of pyridine rings is 1. The fraction of sp³-hybridized carbons (Fsp3) is 0. The van der Waals surface area contributed by atoms with Crippen molar-refractivity contribution in [3.63, 3.8) is 0 Å². The molecule has 3 nitrogen and oxygen atoms in total. The van der Waals surface area contributed by atoms with Gasteiger partial charge in [0.1, 0.15) is 22.5 Å². The number of furan rings is 1. The first kappa shape index (κ1) is 10.8. The van der Waals surface area contributed by atoms with Gasteiger partial charge >= 0.3 is 0 Å². The summed E-state index contributed by atoms with van der Waals surface area (Å²) in [6, 6.07) is 13.5. The lowest BCUT2D eigenvalue weighted by atomic mass is 10.1. The minimum absolute atomic E-state index is 0.343. The molecular formula is C14H7ClN2O. The van der Waals surface area contributed by atoms with Crippen molar-refractivity contribution in [1.82, 2.24) is 4.98 Å². The Kier molecular flexibility index (Phi) is 2.51. The van der Waals surface area contributed by atoms with E-state index in [2.05, 4.69) is 4.98 Å². The second kappa shape index (κ2) is 4.17. The largest absolute Gasteiger partial charge is 0.455 e. The van der Waals surface area contributed by atoms with Crippen molar-refractivity contribution in [2.45, 2.75) is 0 Å². The first-order valence-corrected chi connectivity index (χ1v) is 5.71. The van der Waals surface area contributed by atoms with Gasteiger partial charge in [-0.3, -0.25) is 0 Å². The van der Waals surface area contributed by atoms with Gasteiger partial charge in [-0.15, -0.1) is 0 Å². The van der Waals surface area contributed by atoms with Gasteiger partial charge in [-0.1, -0.05) is 41.9 Å². The quantitative estimate of drug-likeness (QED) is 0.616. The molecule has 0 spiro atoms. The summed E-state index contributed by atoms with van der Waals surface area (Å²) < 4.78 is 5.71. The van der Waals surface area contributed by atoms with Gasteiger partial charge in [-0.05, 0) is 6.07 Å². The Morgan fingerprint density at radius 3 is 2.72 bits per heavy atom. The first-order valence-electron chi connectivity index (χ1n) is 5.33. The highest BCUT2D eigenvalue weighted by Gasteiger charge is 2.13. The Balaban J connectivity index is 2.30. The molecule has 0 amide bonds. The van der Waals surface area contributed by atoms with Crippen molar-refractivity contribution >= 4 is 22.6 Å². The van der Waals surface area contributed by atoms with E-state index in [-0.39, 0.29) is 0 Å². The molecule has 4 heteroatoms. The minimum Gasteiger partial charge on any atom is -0.455 e. The third-order valence-electron chi connectivity index (χ3n) is 2.68. The number of nitrogens with zero attached hydrogens (tertiary/aromatic N) is 2. The van der Waals surface area contributed by atoms with Crippen LogP contribution in [-0.2, 0) is 0 Å². The minimum atomic E-state index is 0.343. The summed E-state index contributed by atoms with van der Waals surface area (Å²) in [7, 11) is 0. The van der Waals surface area contributed by atoms with Gasteiger partial charge in [0, 0.05) is 5.56 Å². The highest BCUT2D eigenvalue weighted by atomic mass is 35.5. The molecule has 0 bridgehead atoms. The SMILES string of the molecule is N#Cc1cnc(Cl)c2cc(-c3ccccc3)oc12. The predicted octanol–water partition coefficient (Wildman–Crippen LogP) is 4.02. The monoisotopic (exact) mass is 254 g/mol. The van der Waals surface area contributed by atoms with E-state index in [4.69, 9.17) is 21.3 Å². The van der Waals surface area contributed by atoms with Crippen LogP contribution in [0.1, 0.15) is 5.56 Å². The van der Waals surface area contributed by atoms with Gasteiger partial charge in [-0.2, -0.15) is 5.26 Å². The maximum atomic E-state index is 9.01. The summed E-state index contributed by atoms with van der Waals surface area (Å²) in [5.74, 6) is 0.678. The van der Waals surface area contributed by atoms with Crippen LogP contribution >= 0.6 is 11.6 Å². The zero-order valence-electron chi connectivity index (χ0n) is 9.22. The van der Waals surface area contributed by atoms with E-state index in [0.29, 0.717) is 27.4 Å². The molecule has 0 atom stereocenters. The van der Waals surface area contributed by atoms with Gasteiger partial charge in [-0.25, -0.2) is 4.98 Å². The summed E-state index contributed by atoms with van der Waals surface area (Å²) in [5.41, 5.74) is 1.81. The van der Waals surface area contributed by atoms with Gasteiger partial charge < -0.3 is 4.42 Å². The number of hydrogen-bond acceptors (Lipinski definition) is 3. The molecule has 3 aromatic rings. The summed E-state index contributed by atoms with van der Waals surface area (Å²) in [6.45, 7) is 0. The van der Waals surface area contributed by atoms with Crippen molar-refractivity contribution < 1.29 is 4.42 Å². The Morgan fingerprint density at radius 2 is 2.00 bits per heavy atom. The third-order valence-corrected chi connectivity index (χ3v) is 2.99. The molecule has 0 saturated heterocycles. The van der Waals surface area contributed by atoms with Crippen LogP contribution < -0.4 is 0 Å². The lowest BCUT2D eigenvalue weighted by Crippen LogP contribution is -1.80. The standard InChI is InChI=1S/C14H7ClN2O/c15-14-11-6-12(9-4-2-1-3-5-9)18-13(11)10(7-16)8-17-14/h1-6,8H. The Morgan fingerprint density at radius 1 is 1.22 bits per heavy atom. The van der Waals surface area contributed by atoms with E-state index in [0.717, 1.165) is 5.56 Å². The molecule has 2 aromatic heterocycles. The zero-order chi connectivity index (χ0) is 12.5. The van der Waals surface area contributed by atoms with Crippen molar-refractivity contribution in [1.29, 1.82) is 5.26 Å². The highest BCUT2D eigenvalue weighted by molar-refractivity contribution is 6.34. The van der Waals surface area contributed by atoms with E-state index >= 15 is 0 Å². The highest BCUT2D eigenvalue weighted by Crippen LogP contribution is 2.32. The summed E-state index contributed by atoms with van der Waals surface area (Å²) >= 11 is 6.01. The molecule has 0 aliphatic rings. The number of rotatable bonds is 1. The van der Waals surface area contributed by atoms with Crippen LogP contribution in [0.4, 0.5) is 0 Å². The number of hydrogen-bond donors (Lipinski definition) is 0. The molecule has 3 rings (SSSR count). The number of fused-ring (bicyclic) bond motifs is 1. The number of nitriles is 1. The first-order chi connectivity index (χ1) is 8.79. The van der Waals surface area contributed by atoms with Gasteiger partial charge in [0.15, 0.2) is 5.58 Å². The van der Waals surface area contributed by atoms with E-state index < -0.39 is 0 Å². The molecule has 2 heterocycles. The molecule has 0 unspecified atom stereocenters. The van der Waals surface area contributed by atoms with E-state index in [1.54, 1.807) is 6.07 Å². The smallest absolute Gasteiger partial charge is 0.157 e. The lowest BCUT2D eigenvalue weighted by Gasteiger charge is -1.94. The number of aromatic nitrogens is 1. The van der Waals surface area contributed by atoms with Crippen LogP contribution in [0.3, 0.4) is 0 Å². The maximum Gasteiger partial charge on any atom is 0.157 e. The summed E-state index contributed by atoms with van der Waals surface area (Å²) in [5, 5.41) is 10.0. The summed E-state index contributed by atoms with van der Waals surface area (Å²) in [4.78, 5) is 3.97. The second-order valence-corrected chi connectivity index (χ2v) is 4.15. The lowest BCUT2D eigenvalue weighted by molar-refractivity contribution is 0.630. The average molecular weight is 255 g/mol. The maximum absolute atomic E-state index is 9.01. The number of halogens is 1. The zero-order valence-corrected chi connectivity index (χ0v) is 9.98. The molecule has 0 aliphatic carbocycles. The predicted molar refractivity (Wildman–Crippen MR) is 69.2 cm³/mol. The Labute approximate surface area is 108 Å². The normalized spacial score (nSPS) is 10.4. The van der Waals surface area contributed by atoms with Crippen LogP contribution in [0.2, 0.25) is 5.15 Å². The fourth-order valence-electron chi connectivity index (χ4n) is 1.82. The number of benzene rings is 1. The van der Waals surface area contributed by atoms with Gasteiger partial charge in [0.05, 0.1) is 11.6 Å². The molecule has 0 fully saturated rings. The third kappa shape index (κ3) is 1.64. The molecule has 18 heavy (non-hydrogen) atoms. The molecule has 86 valence electrons. The molecule has 0 N–H and O–H groups in total. The van der Waals surface area contributed by atoms with Crippen LogP contribution in [0.5, 0.6) is 0 Å². The van der Waals surface area contributed by atoms with Crippen molar-refractivity contribution in [2.24, 2.45) is 0 Å². The van der Waals surface area contributed by atoms with E-state index in [1.165, 1.54) is 6.20 Å². The fourth-order valence-corrected chi connectivity index (χ4v) is 2.01. The van der Waals surface area contributed by atoms with Gasteiger partial charge in [0.2, 0.25) is 0 Å². The molecule has 0 saturated carbocycles. The van der Waals surface area contributed by atoms with Crippen molar-refractivity contribution in [3.05, 3.63) is 53.3 Å². The van der Waals surface area contributed by atoms with Crippen LogP contribution in [-0.4, -0.2) is 4.98 Å². The van der Waals surface area contributed by atoms with Crippen molar-refractivity contribution in [3.8, 4) is 17.4 Å². The van der Waals surface area contributed by atoms with Crippen LogP contribution in [0, 0.1) is 11.3 Å². The van der Waals surface area contributed by atoms with E-state index in [9.17, 15) is 0 Å². The topological polar surface area (TPSA) is 49.8 Å². The molecule has 0 radical (unpaired) electrons. The average Bonchev–Trinajstić information content (AvgIpc) is 2.86. The van der Waals surface area contributed by atoms with Gasteiger partial charge in [0.25, 0.3) is 0 Å². The van der Waals surface area contributed by atoms with Crippen LogP contribution in [0.15, 0.2) is 47.0 Å². The molecular weight excluding hydrogens is 248 g/mol. The second-order valence-electron chi connectivity index (χ2n) is 3.79. The molecule has 1 aromatic carbocycles. The summed E-state index contributed by atoms with van der Waals surface area (Å²) in [6.07, 6.45) is 1.42.